The lowest BCUT2D eigenvalue weighted by Gasteiger charge is -2.40. The number of halogens is 6. The highest BCUT2D eigenvalue weighted by molar-refractivity contribution is 8.24. The Hall–Kier alpha value is -5.46. The Morgan fingerprint density at radius 2 is 0.945 bits per heavy atom. The first-order chi connectivity index (χ1) is 34.5. The number of amides is 4. The van der Waals surface area contributed by atoms with Crippen molar-refractivity contribution in [2.75, 3.05) is 62.3 Å². The van der Waals surface area contributed by atoms with Crippen molar-refractivity contribution in [3.63, 3.8) is 0 Å². The van der Waals surface area contributed by atoms with E-state index in [0.717, 1.165) is 0 Å². The molecular weight excluding hydrogens is 1040 g/mol. The minimum absolute atomic E-state index is 0.000125. The molecule has 73 heavy (non-hydrogen) atoms. The van der Waals surface area contributed by atoms with Crippen LogP contribution in [0.15, 0.2) is 85.5 Å². The third kappa shape index (κ3) is 12.2. The van der Waals surface area contributed by atoms with Gasteiger partial charge in [0.1, 0.15) is 11.3 Å². The molecule has 390 valence electrons. The predicted octanol–water partition coefficient (Wildman–Crippen LogP) is 9.95. The van der Waals surface area contributed by atoms with E-state index < -0.39 is 33.0 Å². The van der Waals surface area contributed by atoms with Crippen LogP contribution in [0.4, 0.5) is 17.6 Å². The minimum atomic E-state index is -2.73. The summed E-state index contributed by atoms with van der Waals surface area (Å²) < 4.78 is 96.6. The lowest BCUT2D eigenvalue weighted by Crippen LogP contribution is -2.42. The molecule has 0 unspecified atom stereocenters. The molecule has 0 radical (unpaired) electrons. The molecule has 8 heterocycles. The van der Waals surface area contributed by atoms with Gasteiger partial charge in [-0.15, -0.1) is 0 Å². The molecule has 0 spiro atoms. The predicted molar refractivity (Wildman–Crippen MR) is 274 cm³/mol. The monoisotopic (exact) mass is 1090 g/mol. The molecule has 4 aliphatic rings. The van der Waals surface area contributed by atoms with Crippen LogP contribution >= 0.6 is 44.4 Å². The van der Waals surface area contributed by atoms with Crippen molar-refractivity contribution >= 4 is 90.1 Å². The average molecular weight is 1090 g/mol. The maximum absolute atomic E-state index is 13.5. The maximum Gasteiger partial charge on any atom is 0.255 e. The van der Waals surface area contributed by atoms with Gasteiger partial charge in [0.05, 0.1) is 22.6 Å². The smallest absolute Gasteiger partial charge is 0.255 e. The van der Waals surface area contributed by atoms with E-state index >= 15 is 0 Å². The summed E-state index contributed by atoms with van der Waals surface area (Å²) in [5.74, 6) is -5.84. The standard InChI is InChI=1S/C25H27ClF2N4O4S.C24H25ClF2N4O4S/c26-19-12-17(23(33)30-20-2-9-37(35,36)10-3-20)13-21(14-19)32-6-1-16-11-18(15-29-22(16)32)24(34)31-7-4-25(27,28)5-8-31;25-19-12-17(22(32)30-7-9-36(34,35)10-8-30)13-20(14-19)31-4-1-16-11-18(15-28-21(16)31)23(33)29-5-2-24(26,27)3-6-29/h1,6,11-15,20,35-36H,2-5,7-10H2,(H,30,33);1,4,11-15,34-35H,2-3,5-10H2. The molecule has 0 aliphatic carbocycles. The summed E-state index contributed by atoms with van der Waals surface area (Å²) in [6.07, 6.45) is 5.97. The second kappa shape index (κ2) is 20.7. The van der Waals surface area contributed by atoms with Crippen molar-refractivity contribution in [2.24, 2.45) is 0 Å². The van der Waals surface area contributed by atoms with Crippen molar-refractivity contribution < 1.29 is 55.0 Å². The zero-order valence-electron chi connectivity index (χ0n) is 39.1. The number of pyridine rings is 2. The minimum Gasteiger partial charge on any atom is -0.349 e. The number of hydrogen-bond acceptors (Lipinski definition) is 10. The van der Waals surface area contributed by atoms with E-state index in [-0.39, 0.29) is 118 Å². The molecule has 0 saturated carbocycles. The first kappa shape index (κ1) is 52.4. The van der Waals surface area contributed by atoms with E-state index in [1.165, 1.54) is 22.2 Å². The Bertz CT molecular complexity index is 3080. The number of alkyl halides is 4. The molecule has 4 aliphatic heterocycles. The largest absolute Gasteiger partial charge is 0.349 e. The second-order valence-electron chi connectivity index (χ2n) is 18.8. The van der Waals surface area contributed by atoms with E-state index in [9.17, 15) is 55.0 Å². The number of carbonyl (C=O) groups is 4. The molecule has 16 nitrogen and oxygen atoms in total. The Balaban J connectivity index is 0.000000180. The molecule has 4 fully saturated rings. The number of piperidine rings is 2. The molecular formula is C49H52Cl2F4N8O8S2. The fourth-order valence-corrected chi connectivity index (χ4v) is 12.5. The molecule has 4 amide bonds. The quantitative estimate of drug-likeness (QED) is 0.0957. The van der Waals surface area contributed by atoms with Crippen LogP contribution in [0.1, 0.15) is 80.0 Å². The van der Waals surface area contributed by atoms with Gasteiger partial charge in [-0.25, -0.2) is 27.5 Å². The molecule has 4 saturated heterocycles. The van der Waals surface area contributed by atoms with Crippen molar-refractivity contribution in [2.45, 2.75) is 56.4 Å². The fourth-order valence-electron chi connectivity index (χ4n) is 9.25. The van der Waals surface area contributed by atoms with Gasteiger partial charge in [0.15, 0.2) is 0 Å². The van der Waals surface area contributed by atoms with E-state index in [4.69, 9.17) is 23.2 Å². The number of hydrogen-bond donors (Lipinski definition) is 5. The van der Waals surface area contributed by atoms with Gasteiger partial charge in [0.25, 0.3) is 35.5 Å². The van der Waals surface area contributed by atoms with Crippen molar-refractivity contribution in [3.8, 4) is 11.4 Å². The molecule has 6 aromatic rings. The van der Waals surface area contributed by atoms with Gasteiger partial charge < -0.3 is 29.2 Å². The van der Waals surface area contributed by atoms with Crippen LogP contribution < -0.4 is 5.32 Å². The van der Waals surface area contributed by atoms with Gasteiger partial charge in [-0.3, -0.25) is 37.4 Å². The number of nitrogens with one attached hydrogen (secondary N) is 1. The molecule has 5 N–H and O–H groups in total. The summed E-state index contributed by atoms with van der Waals surface area (Å²) in [6.45, 7) is 0.507. The van der Waals surface area contributed by atoms with Crippen LogP contribution in [0, 0.1) is 0 Å². The Kier molecular flexibility index (Phi) is 14.9. The maximum atomic E-state index is 13.5. The summed E-state index contributed by atoms with van der Waals surface area (Å²) in [5.41, 5.74) is 3.68. The highest BCUT2D eigenvalue weighted by Gasteiger charge is 2.37. The van der Waals surface area contributed by atoms with Crippen LogP contribution in [0.2, 0.25) is 10.0 Å². The first-order valence-electron chi connectivity index (χ1n) is 23.5. The number of likely N-dealkylation sites (tertiary alicyclic amines) is 2. The summed E-state index contributed by atoms with van der Waals surface area (Å²) >= 11 is 12.7. The summed E-state index contributed by atoms with van der Waals surface area (Å²) in [4.78, 5) is 65.0. The Morgan fingerprint density at radius 1 is 0.548 bits per heavy atom. The fraction of sp³-hybridized carbons (Fsp3) is 0.388. The van der Waals surface area contributed by atoms with Crippen LogP contribution in [-0.4, -0.2) is 156 Å². The van der Waals surface area contributed by atoms with Crippen molar-refractivity contribution in [3.05, 3.63) is 118 Å². The number of nitrogens with zero attached hydrogens (tertiary/aromatic N) is 7. The highest BCUT2D eigenvalue weighted by Crippen LogP contribution is 2.44. The van der Waals surface area contributed by atoms with Gasteiger partial charge in [0.2, 0.25) is 0 Å². The lowest BCUT2D eigenvalue weighted by molar-refractivity contribution is -0.0503. The summed E-state index contributed by atoms with van der Waals surface area (Å²) in [6, 6.07) is 16.7. The molecule has 24 heteroatoms. The summed E-state index contributed by atoms with van der Waals surface area (Å²) in [7, 11) is -5.16. The number of benzene rings is 2. The van der Waals surface area contributed by atoms with E-state index in [1.807, 2.05) is 0 Å². The number of carbonyl (C=O) groups excluding carboxylic acids is 4. The van der Waals surface area contributed by atoms with Gasteiger partial charge in [-0.05, 0) is 73.5 Å². The van der Waals surface area contributed by atoms with Crippen LogP contribution in [0.3, 0.4) is 0 Å². The molecule has 2 aromatic carbocycles. The third-order valence-corrected chi connectivity index (χ3v) is 17.4. The van der Waals surface area contributed by atoms with E-state index in [0.29, 0.717) is 78.6 Å². The average Bonchev–Trinajstić information content (AvgIpc) is 3.98. The molecule has 4 aromatic heterocycles. The van der Waals surface area contributed by atoms with Gasteiger partial charge in [0, 0.05) is 151 Å². The zero-order chi connectivity index (χ0) is 52.0. The topological polar surface area (TPSA) is 207 Å². The normalized spacial score (nSPS) is 20.4. The zero-order valence-corrected chi connectivity index (χ0v) is 42.3. The molecule has 10 rings (SSSR count). The highest BCUT2D eigenvalue weighted by atomic mass is 35.5. The van der Waals surface area contributed by atoms with Crippen LogP contribution in [0.5, 0.6) is 0 Å². The SMILES string of the molecule is O=C(NC1CCS(O)(O)CC1)c1cc(Cl)cc(-n2ccc3cc(C(=O)N4CCC(F)(F)CC4)cnc32)c1.O=C(c1cnc2c(ccn2-c2cc(Cl)cc(C(=O)N3CCS(O)(O)CC3)c2)c1)N1CCC(F)(F)CC1. The third-order valence-electron chi connectivity index (χ3n) is 13.5. The number of fused-ring (bicyclic) bond motifs is 2. The van der Waals surface area contributed by atoms with E-state index in [1.54, 1.807) is 87.1 Å². The Labute approximate surface area is 429 Å². The lowest BCUT2D eigenvalue weighted by atomic mass is 10.1. The Morgan fingerprint density at radius 3 is 1.41 bits per heavy atom. The van der Waals surface area contributed by atoms with Gasteiger partial charge in [-0.1, -0.05) is 23.2 Å². The molecule has 0 atom stereocenters. The van der Waals surface area contributed by atoms with Crippen molar-refractivity contribution in [1.29, 1.82) is 0 Å². The van der Waals surface area contributed by atoms with E-state index in [2.05, 4.69) is 15.3 Å². The summed E-state index contributed by atoms with van der Waals surface area (Å²) in [5, 5.41) is 5.02. The van der Waals surface area contributed by atoms with Gasteiger partial charge >= 0.3 is 0 Å². The second-order valence-corrected chi connectivity index (χ2v) is 24.5. The van der Waals surface area contributed by atoms with Crippen LogP contribution in [-0.2, 0) is 0 Å². The van der Waals surface area contributed by atoms with Crippen molar-refractivity contribution in [1.82, 2.24) is 39.1 Å². The number of rotatable bonds is 7. The number of aromatic nitrogens is 4. The van der Waals surface area contributed by atoms with Crippen LogP contribution in [0.25, 0.3) is 33.4 Å². The first-order valence-corrected chi connectivity index (χ1v) is 28.0. The van der Waals surface area contributed by atoms with Gasteiger partial charge in [-0.2, -0.15) is 21.2 Å². The molecule has 0 bridgehead atoms.